The number of nitrogens with one attached hydrogen (secondary N) is 2. The molecule has 0 aliphatic carbocycles. The van der Waals surface area contributed by atoms with Gasteiger partial charge >= 0.3 is 18.1 Å². The van der Waals surface area contributed by atoms with Gasteiger partial charge in [0.2, 0.25) is 0 Å². The molecule has 0 aliphatic heterocycles. The molecular weight excluding hydrogens is 329 g/mol. The third kappa shape index (κ3) is 3.31. The van der Waals surface area contributed by atoms with Crippen LogP contribution in [0, 0.1) is 6.92 Å². The first-order valence-electron chi connectivity index (χ1n) is 6.66. The quantitative estimate of drug-likeness (QED) is 0.871. The van der Waals surface area contributed by atoms with Crippen LogP contribution < -0.4 is 16.2 Å². The highest BCUT2D eigenvalue weighted by Crippen LogP contribution is 2.15. The predicted octanol–water partition coefficient (Wildman–Crippen LogP) is 1.69. The second-order valence-corrected chi connectivity index (χ2v) is 4.84. The van der Waals surface area contributed by atoms with Crippen molar-refractivity contribution in [3.05, 3.63) is 46.4 Å². The number of amides is 3. The first kappa shape index (κ1) is 17.3. The Morgan fingerprint density at radius 1 is 1.12 bits per heavy atom. The summed E-state index contributed by atoms with van der Waals surface area (Å²) in [5.74, 6) is -2.42. The fourth-order valence-electron chi connectivity index (χ4n) is 2.03. The lowest BCUT2D eigenvalue weighted by Gasteiger charge is -2.07. The van der Waals surface area contributed by atoms with Gasteiger partial charge < -0.3 is 5.32 Å². The van der Waals surface area contributed by atoms with Crippen LogP contribution in [0.25, 0.3) is 5.69 Å². The molecule has 1 heterocycles. The number of anilines is 1. The number of para-hydroxylation sites is 1. The number of carbonyl (C=O) groups is 2. The van der Waals surface area contributed by atoms with Crippen molar-refractivity contribution in [1.82, 2.24) is 14.7 Å². The molecule has 2 aromatic rings. The zero-order chi connectivity index (χ0) is 18.1. The summed E-state index contributed by atoms with van der Waals surface area (Å²) in [5, 5.41) is 3.11. The molecular formula is C14H13F3N4O3. The van der Waals surface area contributed by atoms with Gasteiger partial charge in [-0.25, -0.2) is 9.48 Å². The van der Waals surface area contributed by atoms with Crippen molar-refractivity contribution < 1.29 is 22.8 Å². The number of imide groups is 1. The number of nitrogens with zero attached hydrogens (tertiary/aromatic N) is 2. The van der Waals surface area contributed by atoms with Crippen molar-refractivity contribution in [2.75, 3.05) is 5.32 Å². The van der Waals surface area contributed by atoms with Gasteiger partial charge in [0.15, 0.2) is 0 Å². The molecule has 3 amide bonds. The summed E-state index contributed by atoms with van der Waals surface area (Å²) in [6.07, 6.45) is -5.20. The molecule has 0 saturated heterocycles. The van der Waals surface area contributed by atoms with E-state index in [0.29, 0.717) is 11.4 Å². The van der Waals surface area contributed by atoms with Crippen LogP contribution in [0.15, 0.2) is 35.1 Å². The Bertz CT molecular complexity index is 837. The van der Waals surface area contributed by atoms with E-state index in [1.54, 1.807) is 37.4 Å². The fraction of sp³-hybridized carbons (Fsp3) is 0.214. The molecule has 0 bridgehead atoms. The van der Waals surface area contributed by atoms with Crippen molar-refractivity contribution in [3.8, 4) is 5.69 Å². The summed E-state index contributed by atoms with van der Waals surface area (Å²) in [6.45, 7) is 1.50. The molecule has 0 unspecified atom stereocenters. The number of aromatic nitrogens is 2. The molecule has 0 fully saturated rings. The number of urea groups is 1. The number of benzene rings is 1. The number of alkyl halides is 3. The SMILES string of the molecule is Cc1c(NC(=O)NC(=O)C(F)(F)F)c(=O)n(-c2ccccc2)n1C. The highest BCUT2D eigenvalue weighted by molar-refractivity contribution is 6.03. The Hall–Kier alpha value is -3.04. The monoisotopic (exact) mass is 342 g/mol. The smallest absolute Gasteiger partial charge is 0.301 e. The lowest BCUT2D eigenvalue weighted by molar-refractivity contribution is -0.172. The molecule has 1 aromatic carbocycles. The largest absolute Gasteiger partial charge is 0.471 e. The summed E-state index contributed by atoms with van der Waals surface area (Å²) in [6, 6.07) is 7.01. The summed E-state index contributed by atoms with van der Waals surface area (Å²) in [5.41, 5.74) is -0.0592. The maximum atomic E-state index is 12.4. The highest BCUT2D eigenvalue weighted by atomic mass is 19.4. The van der Waals surface area contributed by atoms with Crippen molar-refractivity contribution in [2.45, 2.75) is 13.1 Å². The van der Waals surface area contributed by atoms with Gasteiger partial charge in [-0.05, 0) is 19.1 Å². The summed E-state index contributed by atoms with van der Waals surface area (Å²) >= 11 is 0. The topological polar surface area (TPSA) is 85.1 Å². The van der Waals surface area contributed by atoms with E-state index in [1.807, 2.05) is 5.32 Å². The fourth-order valence-corrected chi connectivity index (χ4v) is 2.03. The van der Waals surface area contributed by atoms with Gasteiger partial charge in [-0.1, -0.05) is 18.2 Å². The van der Waals surface area contributed by atoms with Gasteiger partial charge in [0.05, 0.1) is 11.4 Å². The third-order valence-electron chi connectivity index (χ3n) is 3.28. The van der Waals surface area contributed by atoms with Crippen LogP contribution in [-0.2, 0) is 11.8 Å². The van der Waals surface area contributed by atoms with Crippen molar-refractivity contribution >= 4 is 17.6 Å². The number of halogens is 3. The van der Waals surface area contributed by atoms with Crippen LogP contribution in [0.1, 0.15) is 5.69 Å². The Morgan fingerprint density at radius 3 is 2.25 bits per heavy atom. The maximum Gasteiger partial charge on any atom is 0.471 e. The van der Waals surface area contributed by atoms with Crippen LogP contribution in [0.3, 0.4) is 0 Å². The first-order chi connectivity index (χ1) is 11.1. The molecule has 0 spiro atoms. The minimum atomic E-state index is -5.20. The minimum Gasteiger partial charge on any atom is -0.301 e. The molecule has 0 radical (unpaired) electrons. The summed E-state index contributed by atoms with van der Waals surface area (Å²) < 4.78 is 39.1. The standard InChI is InChI=1S/C14H13F3N4O3/c1-8-10(18-13(24)19-12(23)14(15,16)17)11(22)21(20(8)2)9-6-4-3-5-7-9/h3-7H,1-2H3,(H2,18,19,23,24). The molecule has 24 heavy (non-hydrogen) atoms. The van der Waals surface area contributed by atoms with Gasteiger partial charge in [0.1, 0.15) is 5.69 Å². The predicted molar refractivity (Wildman–Crippen MR) is 79.0 cm³/mol. The van der Waals surface area contributed by atoms with Crippen LogP contribution in [0.4, 0.5) is 23.7 Å². The molecule has 10 heteroatoms. The second kappa shape index (κ2) is 6.22. The van der Waals surface area contributed by atoms with Gasteiger partial charge in [0.25, 0.3) is 5.56 Å². The van der Waals surface area contributed by atoms with Crippen molar-refractivity contribution in [2.24, 2.45) is 7.05 Å². The number of carbonyl (C=O) groups excluding carboxylic acids is 2. The van der Waals surface area contributed by atoms with E-state index >= 15 is 0 Å². The van der Waals surface area contributed by atoms with E-state index in [4.69, 9.17) is 0 Å². The molecule has 0 atom stereocenters. The zero-order valence-corrected chi connectivity index (χ0v) is 12.6. The Labute approximate surface area is 133 Å². The Balaban J connectivity index is 2.32. The Morgan fingerprint density at radius 2 is 1.71 bits per heavy atom. The van der Waals surface area contributed by atoms with Gasteiger partial charge in [-0.15, -0.1) is 0 Å². The van der Waals surface area contributed by atoms with Crippen LogP contribution in [-0.4, -0.2) is 27.5 Å². The third-order valence-corrected chi connectivity index (χ3v) is 3.28. The minimum absolute atomic E-state index is 0.228. The van der Waals surface area contributed by atoms with Gasteiger partial charge in [-0.2, -0.15) is 13.2 Å². The number of rotatable bonds is 2. The van der Waals surface area contributed by atoms with Crippen LogP contribution >= 0.6 is 0 Å². The van der Waals surface area contributed by atoms with Gasteiger partial charge in [-0.3, -0.25) is 19.6 Å². The summed E-state index contributed by atoms with van der Waals surface area (Å²) in [4.78, 5) is 34.7. The number of hydrogen-bond donors (Lipinski definition) is 2. The highest BCUT2D eigenvalue weighted by Gasteiger charge is 2.40. The molecule has 7 nitrogen and oxygen atoms in total. The lowest BCUT2D eigenvalue weighted by Crippen LogP contribution is -2.43. The lowest BCUT2D eigenvalue weighted by atomic mass is 10.3. The second-order valence-electron chi connectivity index (χ2n) is 4.84. The Kier molecular flexibility index (Phi) is 4.49. The zero-order valence-electron chi connectivity index (χ0n) is 12.6. The van der Waals surface area contributed by atoms with E-state index < -0.39 is 23.7 Å². The van der Waals surface area contributed by atoms with E-state index in [-0.39, 0.29) is 5.69 Å². The van der Waals surface area contributed by atoms with Crippen molar-refractivity contribution in [3.63, 3.8) is 0 Å². The maximum absolute atomic E-state index is 12.4. The van der Waals surface area contributed by atoms with E-state index in [1.165, 1.54) is 16.3 Å². The average molecular weight is 342 g/mol. The van der Waals surface area contributed by atoms with E-state index in [2.05, 4.69) is 0 Å². The van der Waals surface area contributed by atoms with Crippen LogP contribution in [0.2, 0.25) is 0 Å². The van der Waals surface area contributed by atoms with E-state index in [9.17, 15) is 27.6 Å². The number of hydrogen-bond acceptors (Lipinski definition) is 3. The molecule has 0 saturated carbocycles. The molecule has 2 rings (SSSR count). The molecule has 2 N–H and O–H groups in total. The van der Waals surface area contributed by atoms with E-state index in [0.717, 1.165) is 5.32 Å². The average Bonchev–Trinajstić information content (AvgIpc) is 2.71. The first-order valence-corrected chi connectivity index (χ1v) is 6.66. The van der Waals surface area contributed by atoms with Crippen molar-refractivity contribution in [1.29, 1.82) is 0 Å². The van der Waals surface area contributed by atoms with Crippen LogP contribution in [0.5, 0.6) is 0 Å². The molecule has 128 valence electrons. The molecule has 0 aliphatic rings. The normalized spacial score (nSPS) is 11.2. The summed E-state index contributed by atoms with van der Waals surface area (Å²) in [7, 11) is 1.55. The van der Waals surface area contributed by atoms with Gasteiger partial charge in [0, 0.05) is 7.05 Å². The molecule has 1 aromatic heterocycles.